The van der Waals surface area contributed by atoms with E-state index in [4.69, 9.17) is 4.74 Å². The molecule has 13 heavy (non-hydrogen) atoms. The summed E-state index contributed by atoms with van der Waals surface area (Å²) in [5.74, 6) is 1.80. The van der Waals surface area contributed by atoms with Crippen LogP contribution in [0.15, 0.2) is 0 Å². The molecule has 2 saturated heterocycles. The lowest BCUT2D eigenvalue weighted by molar-refractivity contribution is 0.110. The molecule has 2 aliphatic heterocycles. The molecule has 3 nitrogen and oxygen atoms in total. The minimum atomic E-state index is 0.593. The number of nitrogens with zero attached hydrogens (tertiary/aromatic N) is 1. The number of nitrogens with one attached hydrogen (secondary N) is 1. The van der Waals surface area contributed by atoms with E-state index in [9.17, 15) is 0 Å². The normalized spacial score (nSPS) is 36.5. The molecule has 0 aromatic heterocycles. The quantitative estimate of drug-likeness (QED) is 0.677. The number of fused-ring (bicyclic) bond motifs is 1. The Morgan fingerprint density at radius 3 is 2.54 bits per heavy atom. The van der Waals surface area contributed by atoms with Crippen LogP contribution in [0.3, 0.4) is 0 Å². The van der Waals surface area contributed by atoms with E-state index < -0.39 is 0 Å². The molecule has 0 spiro atoms. The number of rotatable bonds is 3. The van der Waals surface area contributed by atoms with E-state index >= 15 is 0 Å². The zero-order chi connectivity index (χ0) is 9.26. The van der Waals surface area contributed by atoms with Gasteiger partial charge in [-0.2, -0.15) is 0 Å². The van der Waals surface area contributed by atoms with Crippen LogP contribution in [0.1, 0.15) is 6.92 Å². The largest absolute Gasteiger partial charge is 0.383 e. The monoisotopic (exact) mass is 184 g/mol. The molecule has 1 unspecified atom stereocenters. The van der Waals surface area contributed by atoms with Crippen LogP contribution in [0.2, 0.25) is 0 Å². The van der Waals surface area contributed by atoms with Crippen LogP contribution in [0, 0.1) is 11.8 Å². The van der Waals surface area contributed by atoms with E-state index in [1.165, 1.54) is 26.2 Å². The van der Waals surface area contributed by atoms with Crippen LogP contribution in [0.4, 0.5) is 0 Å². The Balaban J connectivity index is 1.84. The van der Waals surface area contributed by atoms with Crippen LogP contribution >= 0.6 is 0 Å². The van der Waals surface area contributed by atoms with Crippen LogP contribution in [-0.2, 0) is 4.74 Å². The van der Waals surface area contributed by atoms with Crippen LogP contribution in [0.5, 0.6) is 0 Å². The van der Waals surface area contributed by atoms with E-state index in [2.05, 4.69) is 17.1 Å². The molecule has 0 bridgehead atoms. The Hall–Kier alpha value is -0.120. The van der Waals surface area contributed by atoms with E-state index in [-0.39, 0.29) is 0 Å². The third-order valence-corrected chi connectivity index (χ3v) is 3.45. The molecule has 2 heterocycles. The van der Waals surface area contributed by atoms with Gasteiger partial charge in [0.2, 0.25) is 0 Å². The lowest BCUT2D eigenvalue weighted by atomic mass is 10.0. The SMILES string of the molecule is COCC(C)N1C[C@H]2CNC[C@H]2C1. The summed E-state index contributed by atoms with van der Waals surface area (Å²) in [5, 5.41) is 3.46. The summed E-state index contributed by atoms with van der Waals surface area (Å²) in [4.78, 5) is 2.57. The van der Waals surface area contributed by atoms with Crippen molar-refractivity contribution < 1.29 is 4.74 Å². The van der Waals surface area contributed by atoms with Crippen LogP contribution in [0.25, 0.3) is 0 Å². The molecule has 1 N–H and O–H groups in total. The fourth-order valence-electron chi connectivity index (χ4n) is 2.60. The van der Waals surface area contributed by atoms with Crippen LogP contribution < -0.4 is 5.32 Å². The average Bonchev–Trinajstić information content (AvgIpc) is 2.61. The second-order valence-corrected chi connectivity index (χ2v) is 4.44. The predicted octanol–water partition coefficient (Wildman–Crippen LogP) is 0.173. The third kappa shape index (κ3) is 1.87. The highest BCUT2D eigenvalue weighted by Crippen LogP contribution is 2.27. The second-order valence-electron chi connectivity index (χ2n) is 4.44. The fraction of sp³-hybridized carbons (Fsp3) is 1.00. The summed E-state index contributed by atoms with van der Waals surface area (Å²) >= 11 is 0. The average molecular weight is 184 g/mol. The molecule has 0 aromatic rings. The molecule has 0 radical (unpaired) electrons. The van der Waals surface area contributed by atoms with Gasteiger partial charge in [0.15, 0.2) is 0 Å². The van der Waals surface area contributed by atoms with Gasteiger partial charge in [0, 0.05) is 26.2 Å². The van der Waals surface area contributed by atoms with Gasteiger partial charge in [-0.25, -0.2) is 0 Å². The topological polar surface area (TPSA) is 24.5 Å². The van der Waals surface area contributed by atoms with Gasteiger partial charge in [0.25, 0.3) is 0 Å². The van der Waals surface area contributed by atoms with E-state index in [0.29, 0.717) is 6.04 Å². The van der Waals surface area contributed by atoms with Gasteiger partial charge in [-0.3, -0.25) is 4.90 Å². The molecule has 3 atom stereocenters. The second kappa shape index (κ2) is 3.95. The zero-order valence-corrected chi connectivity index (χ0v) is 8.62. The van der Waals surface area contributed by atoms with Crippen molar-refractivity contribution in [2.24, 2.45) is 11.8 Å². The highest BCUT2D eigenvalue weighted by atomic mass is 16.5. The first-order valence-electron chi connectivity index (χ1n) is 5.25. The predicted molar refractivity (Wildman–Crippen MR) is 52.8 cm³/mol. The maximum atomic E-state index is 5.18. The number of likely N-dealkylation sites (tertiary alicyclic amines) is 1. The Bertz CT molecular complexity index is 162. The summed E-state index contributed by atoms with van der Waals surface area (Å²) in [6, 6.07) is 0.593. The number of hydrogen-bond donors (Lipinski definition) is 1. The molecule has 2 aliphatic rings. The maximum absolute atomic E-state index is 5.18. The smallest absolute Gasteiger partial charge is 0.0615 e. The lowest BCUT2D eigenvalue weighted by Crippen LogP contribution is -2.36. The third-order valence-electron chi connectivity index (χ3n) is 3.45. The lowest BCUT2D eigenvalue weighted by Gasteiger charge is -2.24. The van der Waals surface area contributed by atoms with E-state index in [1.807, 2.05) is 0 Å². The summed E-state index contributed by atoms with van der Waals surface area (Å²) in [6.45, 7) is 8.11. The van der Waals surface area contributed by atoms with Crippen molar-refractivity contribution >= 4 is 0 Å². The minimum Gasteiger partial charge on any atom is -0.383 e. The maximum Gasteiger partial charge on any atom is 0.0615 e. The van der Waals surface area contributed by atoms with Crippen molar-refractivity contribution in [2.75, 3.05) is 39.9 Å². The standard InChI is InChI=1S/C10H20N2O/c1-8(7-13-2)12-5-9-3-11-4-10(9)6-12/h8-11H,3-7H2,1-2H3/t8?,9-,10+. The first-order chi connectivity index (χ1) is 6.31. The van der Waals surface area contributed by atoms with Crippen LogP contribution in [-0.4, -0.2) is 50.8 Å². The van der Waals surface area contributed by atoms with Gasteiger partial charge in [-0.1, -0.05) is 0 Å². The van der Waals surface area contributed by atoms with Gasteiger partial charge >= 0.3 is 0 Å². The van der Waals surface area contributed by atoms with Gasteiger partial charge in [0.1, 0.15) is 0 Å². The molecule has 2 fully saturated rings. The minimum absolute atomic E-state index is 0.593. The molecular formula is C10H20N2O. The number of hydrogen-bond acceptors (Lipinski definition) is 3. The van der Waals surface area contributed by atoms with Crippen molar-refractivity contribution in [3.8, 4) is 0 Å². The first-order valence-corrected chi connectivity index (χ1v) is 5.25. The Morgan fingerprint density at radius 2 is 2.00 bits per heavy atom. The van der Waals surface area contributed by atoms with E-state index in [1.54, 1.807) is 7.11 Å². The molecule has 0 aliphatic carbocycles. The number of methoxy groups -OCH3 is 1. The highest BCUT2D eigenvalue weighted by molar-refractivity contribution is 4.92. The fourth-order valence-corrected chi connectivity index (χ4v) is 2.60. The molecule has 3 heteroatoms. The highest BCUT2D eigenvalue weighted by Gasteiger charge is 2.37. The van der Waals surface area contributed by atoms with Crippen molar-refractivity contribution in [1.82, 2.24) is 10.2 Å². The first kappa shape index (κ1) is 9.44. The van der Waals surface area contributed by atoms with Crippen molar-refractivity contribution in [3.63, 3.8) is 0 Å². The summed E-state index contributed by atoms with van der Waals surface area (Å²) in [5.41, 5.74) is 0. The van der Waals surface area contributed by atoms with Gasteiger partial charge in [0.05, 0.1) is 6.61 Å². The zero-order valence-electron chi connectivity index (χ0n) is 8.62. The van der Waals surface area contributed by atoms with Gasteiger partial charge in [-0.15, -0.1) is 0 Å². The van der Waals surface area contributed by atoms with E-state index in [0.717, 1.165) is 18.4 Å². The molecule has 0 saturated carbocycles. The number of ether oxygens (including phenoxy) is 1. The molecular weight excluding hydrogens is 164 g/mol. The Labute approximate surface area is 80.4 Å². The van der Waals surface area contributed by atoms with Crippen molar-refractivity contribution in [2.45, 2.75) is 13.0 Å². The molecule has 2 rings (SSSR count). The summed E-state index contributed by atoms with van der Waals surface area (Å²) < 4.78 is 5.18. The van der Waals surface area contributed by atoms with Gasteiger partial charge < -0.3 is 10.1 Å². The molecule has 0 aromatic carbocycles. The molecule has 76 valence electrons. The Kier molecular flexibility index (Phi) is 2.86. The summed E-state index contributed by atoms with van der Waals surface area (Å²) in [7, 11) is 1.79. The van der Waals surface area contributed by atoms with Crippen molar-refractivity contribution in [3.05, 3.63) is 0 Å². The van der Waals surface area contributed by atoms with Crippen molar-refractivity contribution in [1.29, 1.82) is 0 Å². The molecule has 0 amide bonds. The van der Waals surface area contributed by atoms with Gasteiger partial charge in [-0.05, 0) is 31.8 Å². The summed E-state index contributed by atoms with van der Waals surface area (Å²) in [6.07, 6.45) is 0. The Morgan fingerprint density at radius 1 is 1.38 bits per heavy atom.